The summed E-state index contributed by atoms with van der Waals surface area (Å²) in [6, 6.07) is -0.499. The topological polar surface area (TPSA) is 91.8 Å². The zero-order valence-corrected chi connectivity index (χ0v) is 12.7. The van der Waals surface area contributed by atoms with Crippen molar-refractivity contribution in [3.8, 4) is 0 Å². The summed E-state index contributed by atoms with van der Waals surface area (Å²) in [5.74, 6) is -1.34. The Hall–Kier alpha value is -0.760. The molecule has 1 unspecified atom stereocenters. The molecular formula is C11H19NO5S2. The summed E-state index contributed by atoms with van der Waals surface area (Å²) >= 11 is 1.42. The highest BCUT2D eigenvalue weighted by Crippen LogP contribution is 2.19. The highest BCUT2D eigenvalue weighted by Gasteiger charge is 2.35. The number of carboxylic acid groups (broad SMARTS) is 1. The van der Waals surface area contributed by atoms with Gasteiger partial charge in [0.15, 0.2) is 9.84 Å². The average molecular weight is 309 g/mol. The van der Waals surface area contributed by atoms with Gasteiger partial charge < -0.3 is 10.0 Å². The highest BCUT2D eigenvalue weighted by molar-refractivity contribution is 8.00. The molecule has 6 nitrogen and oxygen atoms in total. The number of amides is 1. The number of nitrogens with zero attached hydrogens (tertiary/aromatic N) is 1. The fourth-order valence-corrected chi connectivity index (χ4v) is 4.28. The first-order valence-corrected chi connectivity index (χ1v) is 8.91. The smallest absolute Gasteiger partial charge is 0.323 e. The third-order valence-corrected chi connectivity index (χ3v) is 5.65. The number of sulfone groups is 1. The number of carbonyl (C=O) groups excluding carboxylic acids is 1. The highest BCUT2D eigenvalue weighted by atomic mass is 32.2. The van der Waals surface area contributed by atoms with Crippen LogP contribution in [-0.4, -0.2) is 65.4 Å². The molecule has 1 amide bonds. The number of carbonyl (C=O) groups is 2. The first-order chi connectivity index (χ1) is 8.71. The molecule has 1 saturated heterocycles. The van der Waals surface area contributed by atoms with Crippen LogP contribution in [0.4, 0.5) is 0 Å². The average Bonchev–Trinajstić information content (AvgIpc) is 2.62. The Morgan fingerprint density at radius 1 is 1.42 bits per heavy atom. The van der Waals surface area contributed by atoms with Crippen molar-refractivity contribution in [1.82, 2.24) is 4.90 Å². The van der Waals surface area contributed by atoms with Crippen LogP contribution in [0.3, 0.4) is 0 Å². The maximum Gasteiger partial charge on any atom is 0.323 e. The zero-order chi connectivity index (χ0) is 14.6. The van der Waals surface area contributed by atoms with Crippen molar-refractivity contribution in [2.45, 2.75) is 31.6 Å². The van der Waals surface area contributed by atoms with Gasteiger partial charge in [-0.15, -0.1) is 11.8 Å². The summed E-state index contributed by atoms with van der Waals surface area (Å²) in [4.78, 5) is 24.0. The number of hydrogen-bond acceptors (Lipinski definition) is 5. The quantitative estimate of drug-likeness (QED) is 0.755. The zero-order valence-electron chi connectivity index (χ0n) is 11.0. The van der Waals surface area contributed by atoms with Gasteiger partial charge in [-0.3, -0.25) is 9.59 Å². The molecule has 0 aliphatic carbocycles. The fraction of sp³-hybridized carbons (Fsp3) is 0.818. The maximum atomic E-state index is 12.0. The van der Waals surface area contributed by atoms with Crippen LogP contribution in [0.1, 0.15) is 20.3 Å². The molecule has 1 N–H and O–H groups in total. The van der Waals surface area contributed by atoms with Gasteiger partial charge in [0, 0.05) is 6.04 Å². The molecule has 8 heteroatoms. The van der Waals surface area contributed by atoms with Crippen LogP contribution in [-0.2, 0) is 19.4 Å². The van der Waals surface area contributed by atoms with Gasteiger partial charge in [-0.05, 0) is 11.7 Å². The van der Waals surface area contributed by atoms with Gasteiger partial charge in [-0.1, -0.05) is 13.8 Å². The summed E-state index contributed by atoms with van der Waals surface area (Å²) in [5.41, 5.74) is 0. The summed E-state index contributed by atoms with van der Waals surface area (Å²) in [6.45, 7) is 3.46. The molecule has 1 atom stereocenters. The van der Waals surface area contributed by atoms with E-state index in [2.05, 4.69) is 0 Å². The van der Waals surface area contributed by atoms with E-state index in [1.54, 1.807) is 0 Å². The minimum Gasteiger partial charge on any atom is -0.480 e. The van der Waals surface area contributed by atoms with E-state index in [1.165, 1.54) is 16.7 Å². The lowest BCUT2D eigenvalue weighted by molar-refractivity contribution is -0.144. The fourth-order valence-electron chi connectivity index (χ4n) is 1.91. The molecule has 1 aliphatic rings. The molecule has 0 aromatic carbocycles. The minimum absolute atomic E-state index is 0.0262. The Kier molecular flexibility index (Phi) is 5.66. The number of aliphatic carboxylic acids is 1. The molecule has 0 bridgehead atoms. The molecule has 1 rings (SSSR count). The van der Waals surface area contributed by atoms with E-state index in [0.717, 1.165) is 0 Å². The summed E-state index contributed by atoms with van der Waals surface area (Å²) in [6.07, 6.45) is 0.327. The van der Waals surface area contributed by atoms with E-state index in [0.29, 0.717) is 6.42 Å². The Morgan fingerprint density at radius 3 is 2.47 bits per heavy atom. The molecule has 1 aliphatic heterocycles. The molecule has 0 aromatic heterocycles. The van der Waals surface area contributed by atoms with Crippen LogP contribution in [0.5, 0.6) is 0 Å². The van der Waals surface area contributed by atoms with Crippen LogP contribution in [0.2, 0.25) is 0 Å². The largest absolute Gasteiger partial charge is 0.480 e. The van der Waals surface area contributed by atoms with Crippen LogP contribution in [0.15, 0.2) is 0 Å². The first kappa shape index (κ1) is 16.3. The van der Waals surface area contributed by atoms with Crippen molar-refractivity contribution in [3.63, 3.8) is 0 Å². The molecule has 0 aromatic rings. The Bertz CT molecular complexity index is 446. The number of rotatable bonds is 6. The molecule has 1 heterocycles. The second-order valence-corrected chi connectivity index (χ2v) is 8.63. The summed E-state index contributed by atoms with van der Waals surface area (Å²) in [7, 11) is -3.13. The van der Waals surface area contributed by atoms with E-state index >= 15 is 0 Å². The van der Waals surface area contributed by atoms with E-state index in [9.17, 15) is 18.0 Å². The lowest BCUT2D eigenvalue weighted by Crippen LogP contribution is -2.45. The molecule has 19 heavy (non-hydrogen) atoms. The van der Waals surface area contributed by atoms with Gasteiger partial charge in [0.1, 0.15) is 6.54 Å². The van der Waals surface area contributed by atoms with Gasteiger partial charge in [-0.2, -0.15) is 0 Å². The van der Waals surface area contributed by atoms with Crippen molar-refractivity contribution < 1.29 is 23.1 Å². The van der Waals surface area contributed by atoms with Crippen LogP contribution >= 0.6 is 11.8 Å². The van der Waals surface area contributed by atoms with Crippen LogP contribution in [0, 0.1) is 0 Å². The number of thioether (sulfide) groups is 1. The van der Waals surface area contributed by atoms with Crippen LogP contribution < -0.4 is 0 Å². The molecule has 0 saturated carbocycles. The van der Waals surface area contributed by atoms with Gasteiger partial charge in [0.2, 0.25) is 5.91 Å². The Morgan fingerprint density at radius 2 is 2.05 bits per heavy atom. The van der Waals surface area contributed by atoms with Crippen molar-refractivity contribution in [1.29, 1.82) is 0 Å². The number of hydrogen-bond donors (Lipinski definition) is 1. The Balaban J connectivity index is 2.72. The van der Waals surface area contributed by atoms with Gasteiger partial charge in [0.25, 0.3) is 0 Å². The van der Waals surface area contributed by atoms with Crippen LogP contribution in [0.25, 0.3) is 0 Å². The molecule has 0 radical (unpaired) electrons. The standard InChI is InChI=1S/C11H19NO5S2/c1-8(2)18-6-10(13)12(5-11(14)15)9-3-4-19(16,17)7-9/h8-9H,3-7H2,1-2H3,(H,14,15). The first-order valence-electron chi connectivity index (χ1n) is 6.04. The third kappa shape index (κ3) is 5.40. The SMILES string of the molecule is CC(C)SCC(=O)N(CC(=O)O)C1CCS(=O)(=O)C1. The van der Waals surface area contributed by atoms with Crippen molar-refractivity contribution in [3.05, 3.63) is 0 Å². The van der Waals surface area contributed by atoms with Gasteiger partial charge in [0.05, 0.1) is 17.3 Å². The third-order valence-electron chi connectivity index (χ3n) is 2.82. The molecule has 0 spiro atoms. The van der Waals surface area contributed by atoms with Crippen molar-refractivity contribution in [2.75, 3.05) is 23.8 Å². The second kappa shape index (κ2) is 6.60. The number of carboxylic acids is 1. The molecule has 1 fully saturated rings. The minimum atomic E-state index is -3.13. The Labute approximate surface area is 117 Å². The van der Waals surface area contributed by atoms with E-state index in [-0.39, 0.29) is 28.4 Å². The predicted octanol–water partition coefficient (Wildman–Crippen LogP) is 0.228. The predicted molar refractivity (Wildman–Crippen MR) is 74.0 cm³/mol. The lowest BCUT2D eigenvalue weighted by atomic mass is 10.2. The molecule has 110 valence electrons. The molecular weight excluding hydrogens is 290 g/mol. The summed E-state index contributed by atoms with van der Waals surface area (Å²) in [5, 5.41) is 9.12. The maximum absolute atomic E-state index is 12.0. The van der Waals surface area contributed by atoms with Crippen molar-refractivity contribution in [2.24, 2.45) is 0 Å². The van der Waals surface area contributed by atoms with Gasteiger partial charge in [-0.25, -0.2) is 8.42 Å². The van der Waals surface area contributed by atoms with E-state index < -0.39 is 28.4 Å². The second-order valence-electron chi connectivity index (χ2n) is 4.83. The van der Waals surface area contributed by atoms with Gasteiger partial charge >= 0.3 is 5.97 Å². The van der Waals surface area contributed by atoms with E-state index in [4.69, 9.17) is 5.11 Å². The normalized spacial score (nSPS) is 21.5. The lowest BCUT2D eigenvalue weighted by Gasteiger charge is -2.26. The monoisotopic (exact) mass is 309 g/mol. The van der Waals surface area contributed by atoms with E-state index in [1.807, 2.05) is 13.8 Å². The van der Waals surface area contributed by atoms with Crippen molar-refractivity contribution >= 4 is 33.5 Å². The summed E-state index contributed by atoms with van der Waals surface area (Å²) < 4.78 is 22.9.